The normalized spacial score (nSPS) is 11.6. The van der Waals surface area contributed by atoms with Gasteiger partial charge in [0.1, 0.15) is 5.82 Å². The summed E-state index contributed by atoms with van der Waals surface area (Å²) in [6.45, 7) is 0.172. The summed E-state index contributed by atoms with van der Waals surface area (Å²) in [6, 6.07) is 6.54. The number of alkyl halides is 3. The van der Waals surface area contributed by atoms with Gasteiger partial charge in [-0.2, -0.15) is 18.3 Å². The van der Waals surface area contributed by atoms with Crippen LogP contribution >= 0.6 is 0 Å². The molecule has 2 aromatic rings. The topological polar surface area (TPSA) is 29.9 Å². The van der Waals surface area contributed by atoms with Gasteiger partial charge in [0.05, 0.1) is 12.2 Å². The first-order valence-electron chi connectivity index (χ1n) is 5.46. The average Bonchev–Trinajstić information content (AvgIpc) is 2.70. The number of nitrogens with zero attached hydrogens (tertiary/aromatic N) is 2. The van der Waals surface area contributed by atoms with Gasteiger partial charge in [-0.25, -0.2) is 4.39 Å². The lowest BCUT2D eigenvalue weighted by molar-refractivity contribution is -0.141. The molecule has 0 radical (unpaired) electrons. The van der Waals surface area contributed by atoms with Crippen LogP contribution in [0.2, 0.25) is 0 Å². The van der Waals surface area contributed by atoms with E-state index in [1.165, 1.54) is 36.0 Å². The lowest BCUT2D eigenvalue weighted by Gasteiger charge is -2.06. The molecule has 0 unspecified atom stereocenters. The maximum absolute atomic E-state index is 12.7. The Morgan fingerprint density at radius 2 is 1.84 bits per heavy atom. The minimum Gasteiger partial charge on any atom is -0.379 e. The lowest BCUT2D eigenvalue weighted by Crippen LogP contribution is -2.07. The van der Waals surface area contributed by atoms with E-state index in [9.17, 15) is 17.6 Å². The standard InChI is InChI=1S/C12H11F4N3/c1-19-10(6-11(18-19)12(14,15)16)7-17-9-4-2-8(13)3-5-9/h2-6,17H,7H2,1H3. The molecule has 1 aromatic heterocycles. The molecule has 1 N–H and O–H groups in total. The lowest BCUT2D eigenvalue weighted by atomic mass is 10.3. The molecule has 7 heteroatoms. The van der Waals surface area contributed by atoms with Crippen LogP contribution in [0.5, 0.6) is 0 Å². The third-order valence-electron chi connectivity index (χ3n) is 2.59. The van der Waals surface area contributed by atoms with E-state index in [1.54, 1.807) is 0 Å². The third kappa shape index (κ3) is 3.24. The molecule has 0 saturated heterocycles. The molecule has 0 aliphatic rings. The molecule has 102 valence electrons. The Morgan fingerprint density at radius 3 is 2.37 bits per heavy atom. The van der Waals surface area contributed by atoms with Crippen molar-refractivity contribution in [3.8, 4) is 0 Å². The second-order valence-electron chi connectivity index (χ2n) is 4.00. The van der Waals surface area contributed by atoms with Crippen molar-refractivity contribution in [3.63, 3.8) is 0 Å². The van der Waals surface area contributed by atoms with Crippen molar-refractivity contribution in [2.24, 2.45) is 7.05 Å². The number of benzene rings is 1. The van der Waals surface area contributed by atoms with Gasteiger partial charge in [0, 0.05) is 12.7 Å². The zero-order chi connectivity index (χ0) is 14.0. The first kappa shape index (κ1) is 13.4. The molecule has 1 aromatic carbocycles. The Hall–Kier alpha value is -2.05. The Kier molecular flexibility index (Phi) is 3.46. The largest absolute Gasteiger partial charge is 0.435 e. The van der Waals surface area contributed by atoms with Crippen LogP contribution in [0.3, 0.4) is 0 Å². The molecule has 0 saturated carbocycles. The number of rotatable bonds is 3. The fourth-order valence-electron chi connectivity index (χ4n) is 1.57. The van der Waals surface area contributed by atoms with Gasteiger partial charge in [-0.1, -0.05) is 0 Å². The summed E-state index contributed by atoms with van der Waals surface area (Å²) in [5.74, 6) is -0.370. The fourth-order valence-corrected chi connectivity index (χ4v) is 1.57. The highest BCUT2D eigenvalue weighted by atomic mass is 19.4. The van der Waals surface area contributed by atoms with Crippen LogP contribution < -0.4 is 5.32 Å². The second kappa shape index (κ2) is 4.91. The van der Waals surface area contributed by atoms with Crippen LogP contribution in [0.4, 0.5) is 23.2 Å². The summed E-state index contributed by atoms with van der Waals surface area (Å²) in [5, 5.41) is 6.30. The van der Waals surface area contributed by atoms with Crippen molar-refractivity contribution in [2.45, 2.75) is 12.7 Å². The summed E-state index contributed by atoms with van der Waals surface area (Å²) in [7, 11) is 1.44. The van der Waals surface area contributed by atoms with Crippen LogP contribution in [-0.2, 0) is 19.8 Å². The van der Waals surface area contributed by atoms with Gasteiger partial charge in [0.15, 0.2) is 5.69 Å². The van der Waals surface area contributed by atoms with E-state index in [0.717, 1.165) is 6.07 Å². The van der Waals surface area contributed by atoms with Gasteiger partial charge in [-0.05, 0) is 30.3 Å². The Balaban J connectivity index is 2.07. The van der Waals surface area contributed by atoms with Crippen molar-refractivity contribution in [2.75, 3.05) is 5.32 Å². The van der Waals surface area contributed by atoms with E-state index >= 15 is 0 Å². The summed E-state index contributed by atoms with van der Waals surface area (Å²) >= 11 is 0. The first-order chi connectivity index (χ1) is 8.86. The van der Waals surface area contributed by atoms with Crippen LogP contribution in [0, 0.1) is 5.82 Å². The third-order valence-corrected chi connectivity index (χ3v) is 2.59. The van der Waals surface area contributed by atoms with E-state index in [2.05, 4.69) is 10.4 Å². The van der Waals surface area contributed by atoms with E-state index in [1.807, 2.05) is 0 Å². The van der Waals surface area contributed by atoms with Gasteiger partial charge >= 0.3 is 6.18 Å². The Labute approximate surface area is 106 Å². The summed E-state index contributed by atoms with van der Waals surface area (Å²) in [6.07, 6.45) is -4.45. The van der Waals surface area contributed by atoms with Crippen LogP contribution in [0.1, 0.15) is 11.4 Å². The highest BCUT2D eigenvalue weighted by molar-refractivity contribution is 5.43. The van der Waals surface area contributed by atoms with Crippen LogP contribution in [-0.4, -0.2) is 9.78 Å². The molecular weight excluding hydrogens is 262 g/mol. The smallest absolute Gasteiger partial charge is 0.379 e. The zero-order valence-corrected chi connectivity index (χ0v) is 10.0. The minimum atomic E-state index is -4.45. The van der Waals surface area contributed by atoms with Gasteiger partial charge in [-0.3, -0.25) is 4.68 Å². The fraction of sp³-hybridized carbons (Fsp3) is 0.250. The number of nitrogens with one attached hydrogen (secondary N) is 1. The van der Waals surface area contributed by atoms with Crippen LogP contribution in [0.15, 0.2) is 30.3 Å². The van der Waals surface area contributed by atoms with Gasteiger partial charge in [-0.15, -0.1) is 0 Å². The predicted molar refractivity (Wildman–Crippen MR) is 61.9 cm³/mol. The van der Waals surface area contributed by atoms with Gasteiger partial charge in [0.2, 0.25) is 0 Å². The molecule has 19 heavy (non-hydrogen) atoms. The molecule has 0 aliphatic carbocycles. The molecule has 0 spiro atoms. The summed E-state index contributed by atoms with van der Waals surface area (Å²) < 4.78 is 51.2. The molecule has 0 aliphatic heterocycles. The monoisotopic (exact) mass is 273 g/mol. The molecule has 3 nitrogen and oxygen atoms in total. The number of aryl methyl sites for hydroxylation is 1. The number of anilines is 1. The maximum atomic E-state index is 12.7. The molecular formula is C12H11F4N3. The molecule has 0 atom stereocenters. The van der Waals surface area contributed by atoms with Crippen molar-refractivity contribution in [1.82, 2.24) is 9.78 Å². The summed E-state index contributed by atoms with van der Waals surface area (Å²) in [4.78, 5) is 0. The number of halogens is 4. The van der Waals surface area contributed by atoms with E-state index < -0.39 is 11.9 Å². The molecule has 0 bridgehead atoms. The highest BCUT2D eigenvalue weighted by Gasteiger charge is 2.34. The van der Waals surface area contributed by atoms with Gasteiger partial charge in [0.25, 0.3) is 0 Å². The van der Waals surface area contributed by atoms with Crippen molar-refractivity contribution < 1.29 is 17.6 Å². The second-order valence-corrected chi connectivity index (χ2v) is 4.00. The van der Waals surface area contributed by atoms with Crippen LogP contribution in [0.25, 0.3) is 0 Å². The quantitative estimate of drug-likeness (QED) is 0.870. The van der Waals surface area contributed by atoms with Crippen molar-refractivity contribution >= 4 is 5.69 Å². The first-order valence-corrected chi connectivity index (χ1v) is 5.46. The minimum absolute atomic E-state index is 0.172. The van der Waals surface area contributed by atoms with Crippen molar-refractivity contribution in [1.29, 1.82) is 0 Å². The Morgan fingerprint density at radius 1 is 1.21 bits per heavy atom. The molecule has 0 fully saturated rings. The molecule has 2 rings (SSSR count). The van der Waals surface area contributed by atoms with Crippen molar-refractivity contribution in [3.05, 3.63) is 47.5 Å². The van der Waals surface area contributed by atoms with E-state index in [-0.39, 0.29) is 12.4 Å². The van der Waals surface area contributed by atoms with Gasteiger partial charge < -0.3 is 5.32 Å². The highest BCUT2D eigenvalue weighted by Crippen LogP contribution is 2.28. The number of aromatic nitrogens is 2. The number of hydrogen-bond donors (Lipinski definition) is 1. The maximum Gasteiger partial charge on any atom is 0.435 e. The van der Waals surface area contributed by atoms with E-state index in [4.69, 9.17) is 0 Å². The Bertz CT molecular complexity index is 557. The SMILES string of the molecule is Cn1nc(C(F)(F)F)cc1CNc1ccc(F)cc1. The molecule has 1 heterocycles. The number of hydrogen-bond acceptors (Lipinski definition) is 2. The predicted octanol–water partition coefficient (Wildman–Crippen LogP) is 3.19. The zero-order valence-electron chi connectivity index (χ0n) is 10.0. The summed E-state index contributed by atoms with van der Waals surface area (Å²) in [5.41, 5.74) is 0.0821. The average molecular weight is 273 g/mol. The van der Waals surface area contributed by atoms with E-state index in [0.29, 0.717) is 11.4 Å². The molecule has 0 amide bonds.